The first kappa shape index (κ1) is 39.8. The molecule has 2 aromatic rings. The summed E-state index contributed by atoms with van der Waals surface area (Å²) in [4.78, 5) is 0. The molecule has 12 aliphatic carbocycles. The number of benzene rings is 2. The van der Waals surface area contributed by atoms with Gasteiger partial charge in [-0.2, -0.15) is 0 Å². The number of halogens is 2. The molecule has 3 heteroatoms. The molecule has 0 saturated heterocycles. The Morgan fingerprint density at radius 3 is 1.44 bits per heavy atom. The van der Waals surface area contributed by atoms with Crippen molar-refractivity contribution in [3.8, 4) is 11.1 Å². The van der Waals surface area contributed by atoms with Crippen molar-refractivity contribution in [2.24, 2.45) is 58.2 Å². The fourth-order valence-corrected chi connectivity index (χ4v) is 17.4. The molecule has 0 spiro atoms. The van der Waals surface area contributed by atoms with Crippen LogP contribution in [0.1, 0.15) is 178 Å². The van der Waals surface area contributed by atoms with Crippen LogP contribution in [0.5, 0.6) is 0 Å². The molecule has 2 atom stereocenters. The second-order valence-electron chi connectivity index (χ2n) is 23.1. The third kappa shape index (κ3) is 5.91. The largest absolute Gasteiger partial charge is 2.00 e. The predicted octanol–water partition coefficient (Wildman–Crippen LogP) is 8.02. The van der Waals surface area contributed by atoms with Gasteiger partial charge in [0.25, 0.3) is 0 Å². The molecule has 9 fully saturated rings. The van der Waals surface area contributed by atoms with Gasteiger partial charge in [0, 0.05) is 11.3 Å². The molecule has 0 aliphatic heterocycles. The van der Waals surface area contributed by atoms with Crippen molar-refractivity contribution >= 4 is 0 Å². The minimum atomic E-state index is 0. The molecule has 8 bridgehead atoms. The number of rotatable bonds is 4. The average molecular weight is 853 g/mol. The topological polar surface area (TPSA) is 0 Å². The summed E-state index contributed by atoms with van der Waals surface area (Å²) in [6.07, 6.45) is 30.7. The van der Waals surface area contributed by atoms with Gasteiger partial charge in [0.2, 0.25) is 0 Å². The van der Waals surface area contributed by atoms with E-state index < -0.39 is 0 Å². The maximum absolute atomic E-state index is 2.85. The molecule has 9 saturated carbocycles. The van der Waals surface area contributed by atoms with E-state index in [0.29, 0.717) is 16.7 Å². The van der Waals surface area contributed by atoms with Crippen molar-refractivity contribution in [2.75, 3.05) is 0 Å². The fourth-order valence-electron chi connectivity index (χ4n) is 17.4. The molecule has 0 nitrogen and oxygen atoms in total. The zero-order valence-electron chi connectivity index (χ0n) is 34.4. The Labute approximate surface area is 365 Å². The first-order chi connectivity index (χ1) is 25.1. The Balaban J connectivity index is 0.00000132. The Morgan fingerprint density at radius 2 is 1.02 bits per heavy atom. The summed E-state index contributed by atoms with van der Waals surface area (Å²) in [5.74, 6) is 8.11. The quantitative estimate of drug-likeness (QED) is 0.293. The Morgan fingerprint density at radius 1 is 0.582 bits per heavy atom. The van der Waals surface area contributed by atoms with E-state index in [1.54, 1.807) is 44.5 Å². The van der Waals surface area contributed by atoms with Gasteiger partial charge in [-0.15, -0.1) is 0 Å². The van der Waals surface area contributed by atoms with Crippen LogP contribution in [0.25, 0.3) is 11.1 Å². The zero-order valence-corrected chi connectivity index (χ0v) is 38.4. The van der Waals surface area contributed by atoms with Crippen LogP contribution < -0.4 is 24.8 Å². The van der Waals surface area contributed by atoms with Crippen molar-refractivity contribution in [3.05, 3.63) is 81.4 Å². The van der Waals surface area contributed by atoms with Crippen LogP contribution in [0.2, 0.25) is 0 Å². The van der Waals surface area contributed by atoms with Crippen LogP contribution in [0, 0.1) is 58.2 Å². The molecular formula is C52H66Cl2Zr. The molecule has 12 aliphatic rings. The Bertz CT molecular complexity index is 1750. The summed E-state index contributed by atoms with van der Waals surface area (Å²) < 4.78 is 0. The summed E-state index contributed by atoms with van der Waals surface area (Å²) >= 11 is 0. The minimum absolute atomic E-state index is 0. The molecule has 292 valence electrons. The molecule has 55 heavy (non-hydrogen) atoms. The van der Waals surface area contributed by atoms with Gasteiger partial charge in [-0.25, -0.2) is 0 Å². The van der Waals surface area contributed by atoms with Gasteiger partial charge < -0.3 is 24.8 Å². The first-order valence-corrected chi connectivity index (χ1v) is 22.8. The Hall–Kier alpha value is -0.617. The number of fused-ring (bicyclic) bond motifs is 3. The van der Waals surface area contributed by atoms with Crippen LogP contribution >= 0.6 is 0 Å². The first-order valence-electron chi connectivity index (χ1n) is 22.8. The second kappa shape index (κ2) is 13.7. The van der Waals surface area contributed by atoms with Crippen LogP contribution in [-0.2, 0) is 37.0 Å². The average Bonchev–Trinajstić information content (AvgIpc) is 3.78. The number of hydrogen-bond donors (Lipinski definition) is 0. The van der Waals surface area contributed by atoms with E-state index in [1.807, 2.05) is 5.57 Å². The van der Waals surface area contributed by atoms with Gasteiger partial charge in [-0.1, -0.05) is 101 Å². The monoisotopic (exact) mass is 850 g/mol. The molecule has 0 amide bonds. The molecule has 0 N–H and O–H groups in total. The molecule has 14 rings (SSSR count). The molecule has 0 heterocycles. The van der Waals surface area contributed by atoms with E-state index in [-0.39, 0.29) is 61.8 Å². The van der Waals surface area contributed by atoms with Gasteiger partial charge >= 0.3 is 26.2 Å². The third-order valence-corrected chi connectivity index (χ3v) is 18.9. The van der Waals surface area contributed by atoms with Crippen molar-refractivity contribution in [1.29, 1.82) is 0 Å². The SMILES string of the molecule is CC(C)(C)C1=CC2=C(C1)C(C1CCCCC1)CC2(C)C1c2ccc(C34CC5CC(CC(C5)C3)C4)cc2-c2cc(C34CC5CC(CC(C5)C3)C4)ccc21.[Cl-].[Cl-].[Zr+2]. The predicted molar refractivity (Wildman–Crippen MR) is 215 cm³/mol. The van der Waals surface area contributed by atoms with Crippen molar-refractivity contribution in [1.82, 2.24) is 0 Å². The Kier molecular flexibility index (Phi) is 9.92. The van der Waals surface area contributed by atoms with Crippen molar-refractivity contribution < 1.29 is 51.0 Å². The fraction of sp³-hybridized carbons (Fsp3) is 0.692. The maximum atomic E-state index is 2.85. The summed E-state index contributed by atoms with van der Waals surface area (Å²) in [5, 5.41) is 0. The molecule has 2 unspecified atom stereocenters. The van der Waals surface area contributed by atoms with E-state index in [2.05, 4.69) is 70.2 Å². The summed E-state index contributed by atoms with van der Waals surface area (Å²) in [6, 6.07) is 16.6. The van der Waals surface area contributed by atoms with Crippen LogP contribution in [0.15, 0.2) is 59.2 Å². The van der Waals surface area contributed by atoms with Crippen molar-refractivity contribution in [3.63, 3.8) is 0 Å². The minimum Gasteiger partial charge on any atom is -1.00 e. The van der Waals surface area contributed by atoms with Gasteiger partial charge in [0.1, 0.15) is 0 Å². The van der Waals surface area contributed by atoms with Crippen LogP contribution in [-0.4, -0.2) is 0 Å². The zero-order chi connectivity index (χ0) is 34.8. The molecule has 2 aromatic carbocycles. The summed E-state index contributed by atoms with van der Waals surface area (Å²) in [7, 11) is 0. The van der Waals surface area contributed by atoms with Gasteiger partial charge in [0.15, 0.2) is 0 Å². The van der Waals surface area contributed by atoms with Crippen LogP contribution in [0.4, 0.5) is 0 Å². The summed E-state index contributed by atoms with van der Waals surface area (Å²) in [6.45, 7) is 10.2. The van der Waals surface area contributed by atoms with Gasteiger partial charge in [-0.3, -0.25) is 0 Å². The maximum Gasteiger partial charge on any atom is 2.00 e. The van der Waals surface area contributed by atoms with E-state index >= 15 is 0 Å². The second-order valence-corrected chi connectivity index (χ2v) is 23.1. The molecule has 0 radical (unpaired) electrons. The van der Waals surface area contributed by atoms with E-state index in [9.17, 15) is 0 Å². The van der Waals surface area contributed by atoms with E-state index in [4.69, 9.17) is 0 Å². The molecular weight excluding hydrogens is 787 g/mol. The van der Waals surface area contributed by atoms with Crippen LogP contribution in [0.3, 0.4) is 0 Å². The number of allylic oxidation sites excluding steroid dienone is 4. The molecule has 0 aromatic heterocycles. The number of hydrogen-bond acceptors (Lipinski definition) is 0. The van der Waals surface area contributed by atoms with Crippen molar-refractivity contribution in [2.45, 2.75) is 166 Å². The normalized spacial score (nSPS) is 41.6. The van der Waals surface area contributed by atoms with Gasteiger partial charge in [-0.05, 0) is 205 Å². The smallest absolute Gasteiger partial charge is 1.00 e. The standard InChI is InChI=1S/C52H66.2ClH.Zr/c1-49(2,3)40-22-45-46(37-8-6-5-7-9-37)30-50(4,47(45)23-40)48-41-12-10-38(51-24-31-14-32(25-51)16-33(15-31)26-51)20-43(41)44-21-39(11-13-42(44)48)52-27-34-17-35(28-52)19-36(18-34)29-52;;;/h10-13,20-21,23,31-37,46,48H,5-9,14-19,22,24-30H2,1-4H3;2*1H;/q;;;+2/p-2. The van der Waals surface area contributed by atoms with Gasteiger partial charge in [0.05, 0.1) is 0 Å². The third-order valence-electron chi connectivity index (χ3n) is 18.9. The van der Waals surface area contributed by atoms with E-state index in [0.717, 1.165) is 47.3 Å². The summed E-state index contributed by atoms with van der Waals surface area (Å²) in [5.41, 5.74) is 16.9. The van der Waals surface area contributed by atoms with E-state index in [1.165, 1.54) is 122 Å².